The Kier molecular flexibility index (Phi) is 3.10. The maximum absolute atomic E-state index is 12.3. The van der Waals surface area contributed by atoms with E-state index in [1.165, 1.54) is 38.5 Å². The maximum atomic E-state index is 12.3. The van der Waals surface area contributed by atoms with E-state index in [0.717, 1.165) is 37.4 Å². The van der Waals surface area contributed by atoms with Crippen LogP contribution in [0.4, 0.5) is 0 Å². The quantitative estimate of drug-likeness (QED) is 0.826. The number of hydrogen-bond acceptors (Lipinski definition) is 2. The van der Waals surface area contributed by atoms with E-state index in [-0.39, 0.29) is 5.92 Å². The predicted octanol–water partition coefficient (Wildman–Crippen LogP) is 2.17. The maximum Gasteiger partial charge on any atom is 0.223 e. The lowest BCUT2D eigenvalue weighted by atomic mass is 9.49. The van der Waals surface area contributed by atoms with Crippen LogP contribution < -0.4 is 10.6 Å². The Balaban J connectivity index is 1.36. The highest BCUT2D eigenvalue weighted by Crippen LogP contribution is 2.59. The van der Waals surface area contributed by atoms with Crippen LogP contribution in [0.1, 0.15) is 45.4 Å². The van der Waals surface area contributed by atoms with Crippen LogP contribution in [0.25, 0.3) is 0 Å². The molecule has 0 aromatic heterocycles. The number of carbonyl (C=O) groups is 1. The minimum absolute atomic E-state index is 0.185. The molecule has 20 heavy (non-hydrogen) atoms. The highest BCUT2D eigenvalue weighted by atomic mass is 16.1. The average molecular weight is 276 g/mol. The van der Waals surface area contributed by atoms with Gasteiger partial charge in [-0.2, -0.15) is 0 Å². The lowest BCUT2D eigenvalue weighted by Gasteiger charge is -2.57. The SMILES string of the molecule is CC(C(=O)NCC12CC3CC(CC(C3)C1)C2)C1CNC1. The second-order valence-electron chi connectivity index (χ2n) is 8.34. The largest absolute Gasteiger partial charge is 0.355 e. The Bertz CT molecular complexity index is 367. The van der Waals surface area contributed by atoms with Crippen molar-refractivity contribution in [3.05, 3.63) is 0 Å². The highest BCUT2D eigenvalue weighted by Gasteiger charge is 2.50. The van der Waals surface area contributed by atoms with Crippen LogP contribution in [-0.2, 0) is 4.79 Å². The molecule has 4 aliphatic carbocycles. The van der Waals surface area contributed by atoms with Crippen molar-refractivity contribution in [2.24, 2.45) is 35.0 Å². The summed E-state index contributed by atoms with van der Waals surface area (Å²) in [7, 11) is 0. The van der Waals surface area contributed by atoms with E-state index in [1.54, 1.807) is 0 Å². The molecule has 5 fully saturated rings. The van der Waals surface area contributed by atoms with Gasteiger partial charge in [0.25, 0.3) is 0 Å². The van der Waals surface area contributed by atoms with Crippen molar-refractivity contribution in [3.63, 3.8) is 0 Å². The molecule has 5 rings (SSSR count). The molecular weight excluding hydrogens is 248 g/mol. The van der Waals surface area contributed by atoms with Gasteiger partial charge in [0.2, 0.25) is 5.91 Å². The van der Waals surface area contributed by atoms with Gasteiger partial charge in [0, 0.05) is 12.5 Å². The Hall–Kier alpha value is -0.570. The molecule has 1 amide bonds. The summed E-state index contributed by atoms with van der Waals surface area (Å²) < 4.78 is 0. The predicted molar refractivity (Wildman–Crippen MR) is 79.1 cm³/mol. The van der Waals surface area contributed by atoms with Crippen molar-refractivity contribution >= 4 is 5.91 Å². The second-order valence-corrected chi connectivity index (χ2v) is 8.34. The fraction of sp³-hybridized carbons (Fsp3) is 0.941. The molecule has 1 unspecified atom stereocenters. The Labute approximate surface area is 122 Å². The topological polar surface area (TPSA) is 41.1 Å². The van der Waals surface area contributed by atoms with Crippen molar-refractivity contribution in [2.45, 2.75) is 45.4 Å². The fourth-order valence-electron chi connectivity index (χ4n) is 5.82. The second kappa shape index (κ2) is 4.72. The summed E-state index contributed by atoms with van der Waals surface area (Å²) in [6.07, 6.45) is 8.61. The minimum Gasteiger partial charge on any atom is -0.355 e. The first-order valence-corrected chi connectivity index (χ1v) is 8.62. The van der Waals surface area contributed by atoms with Gasteiger partial charge < -0.3 is 10.6 Å². The molecule has 1 heterocycles. The molecule has 3 nitrogen and oxygen atoms in total. The van der Waals surface area contributed by atoms with E-state index in [0.29, 0.717) is 17.2 Å². The average Bonchev–Trinajstić information content (AvgIpc) is 2.32. The Morgan fingerprint density at radius 3 is 2.15 bits per heavy atom. The molecule has 1 saturated heterocycles. The van der Waals surface area contributed by atoms with Gasteiger partial charge in [-0.3, -0.25) is 4.79 Å². The monoisotopic (exact) mass is 276 g/mol. The van der Waals surface area contributed by atoms with Crippen LogP contribution in [-0.4, -0.2) is 25.5 Å². The lowest BCUT2D eigenvalue weighted by molar-refractivity contribution is -0.128. The Morgan fingerprint density at radius 2 is 1.70 bits per heavy atom. The number of nitrogens with one attached hydrogen (secondary N) is 2. The lowest BCUT2D eigenvalue weighted by Crippen LogP contribution is -2.53. The van der Waals surface area contributed by atoms with E-state index in [2.05, 4.69) is 17.6 Å². The van der Waals surface area contributed by atoms with E-state index in [9.17, 15) is 4.79 Å². The molecule has 2 N–H and O–H groups in total. The number of carbonyl (C=O) groups excluding carboxylic acids is 1. The molecule has 5 aliphatic rings. The number of amides is 1. The summed E-state index contributed by atoms with van der Waals surface area (Å²) in [5.74, 6) is 3.98. The summed E-state index contributed by atoms with van der Waals surface area (Å²) >= 11 is 0. The number of rotatable bonds is 4. The van der Waals surface area contributed by atoms with Gasteiger partial charge >= 0.3 is 0 Å². The molecule has 0 aromatic carbocycles. The molecule has 0 radical (unpaired) electrons. The zero-order valence-electron chi connectivity index (χ0n) is 12.7. The van der Waals surface area contributed by atoms with Crippen LogP contribution in [0.5, 0.6) is 0 Å². The smallest absolute Gasteiger partial charge is 0.223 e. The van der Waals surface area contributed by atoms with E-state index in [4.69, 9.17) is 0 Å². The van der Waals surface area contributed by atoms with Crippen molar-refractivity contribution in [2.75, 3.05) is 19.6 Å². The third-order valence-corrected chi connectivity index (χ3v) is 6.74. The van der Waals surface area contributed by atoms with Gasteiger partial charge in [-0.1, -0.05) is 6.92 Å². The van der Waals surface area contributed by atoms with Crippen molar-refractivity contribution in [1.82, 2.24) is 10.6 Å². The fourth-order valence-corrected chi connectivity index (χ4v) is 5.82. The first kappa shape index (κ1) is 13.1. The van der Waals surface area contributed by atoms with Crippen LogP contribution in [0, 0.1) is 35.0 Å². The summed E-state index contributed by atoms with van der Waals surface area (Å²) in [6.45, 7) is 5.10. The van der Waals surface area contributed by atoms with Crippen molar-refractivity contribution in [1.29, 1.82) is 0 Å². The van der Waals surface area contributed by atoms with Gasteiger partial charge in [-0.25, -0.2) is 0 Å². The molecule has 1 aliphatic heterocycles. The highest BCUT2D eigenvalue weighted by molar-refractivity contribution is 5.78. The molecule has 3 heteroatoms. The molecule has 1 atom stereocenters. The minimum atomic E-state index is 0.185. The molecule has 4 bridgehead atoms. The van der Waals surface area contributed by atoms with E-state index in [1.807, 2.05) is 0 Å². The molecule has 0 spiro atoms. The van der Waals surface area contributed by atoms with Gasteiger partial charge in [-0.15, -0.1) is 0 Å². The molecule has 4 saturated carbocycles. The third kappa shape index (κ3) is 2.18. The summed E-state index contributed by atoms with van der Waals surface area (Å²) in [4.78, 5) is 12.3. The third-order valence-electron chi connectivity index (χ3n) is 6.74. The van der Waals surface area contributed by atoms with Crippen LogP contribution in [0.15, 0.2) is 0 Å². The van der Waals surface area contributed by atoms with Crippen LogP contribution in [0.3, 0.4) is 0 Å². The van der Waals surface area contributed by atoms with Gasteiger partial charge in [0.1, 0.15) is 0 Å². The number of hydrogen-bond donors (Lipinski definition) is 2. The van der Waals surface area contributed by atoms with Crippen molar-refractivity contribution in [3.8, 4) is 0 Å². The standard InChI is InChI=1S/C17H28N2O/c1-11(15-8-18-9-15)16(20)19-10-17-5-12-2-13(6-17)4-14(3-12)7-17/h11-15,18H,2-10H2,1H3,(H,19,20). The van der Waals surface area contributed by atoms with Crippen molar-refractivity contribution < 1.29 is 4.79 Å². The summed E-state index contributed by atoms with van der Waals surface area (Å²) in [5.41, 5.74) is 0.474. The van der Waals surface area contributed by atoms with E-state index < -0.39 is 0 Å². The molecule has 112 valence electrons. The summed E-state index contributed by atoms with van der Waals surface area (Å²) in [6, 6.07) is 0. The molecular formula is C17H28N2O. The zero-order valence-corrected chi connectivity index (χ0v) is 12.7. The molecule has 0 aromatic rings. The normalized spacial score (nSPS) is 44.1. The van der Waals surface area contributed by atoms with Crippen LogP contribution in [0.2, 0.25) is 0 Å². The zero-order chi connectivity index (χ0) is 13.7. The first-order chi connectivity index (χ1) is 9.63. The van der Waals surface area contributed by atoms with Gasteiger partial charge in [0.15, 0.2) is 0 Å². The van der Waals surface area contributed by atoms with Gasteiger partial charge in [0.05, 0.1) is 0 Å². The van der Waals surface area contributed by atoms with Gasteiger partial charge in [-0.05, 0) is 80.7 Å². The van der Waals surface area contributed by atoms with Crippen LogP contribution >= 0.6 is 0 Å². The summed E-state index contributed by atoms with van der Waals surface area (Å²) in [5, 5.41) is 6.59. The first-order valence-electron chi connectivity index (χ1n) is 8.62. The van der Waals surface area contributed by atoms with E-state index >= 15 is 0 Å². The Morgan fingerprint density at radius 1 is 1.15 bits per heavy atom.